The SMILES string of the molecule is O=C(O)C1=NC2OC(C(=O)O)N=C2N1. The summed E-state index contributed by atoms with van der Waals surface area (Å²) in [6, 6.07) is 0. The van der Waals surface area contributed by atoms with Crippen molar-refractivity contribution in [3.05, 3.63) is 0 Å². The molecule has 0 aliphatic carbocycles. The van der Waals surface area contributed by atoms with Gasteiger partial charge in [-0.05, 0) is 0 Å². The first-order valence-corrected chi connectivity index (χ1v) is 3.62. The number of hydrogen-bond acceptors (Lipinski definition) is 6. The number of fused-ring (bicyclic) bond motifs is 1. The third-order valence-electron chi connectivity index (χ3n) is 1.65. The van der Waals surface area contributed by atoms with Crippen LogP contribution in [0.3, 0.4) is 0 Å². The number of carbonyl (C=O) groups is 2. The molecule has 2 heterocycles. The van der Waals surface area contributed by atoms with Crippen molar-refractivity contribution in [2.75, 3.05) is 0 Å². The van der Waals surface area contributed by atoms with Crippen LogP contribution in [0.2, 0.25) is 0 Å². The number of nitrogens with zero attached hydrogens (tertiary/aromatic N) is 2. The van der Waals surface area contributed by atoms with Crippen LogP contribution < -0.4 is 5.32 Å². The second kappa shape index (κ2) is 2.77. The molecular weight excluding hydrogens is 194 g/mol. The third kappa shape index (κ3) is 1.21. The van der Waals surface area contributed by atoms with Crippen molar-refractivity contribution >= 4 is 23.6 Å². The molecule has 8 nitrogen and oxygen atoms in total. The monoisotopic (exact) mass is 199 g/mol. The molecule has 0 fully saturated rings. The van der Waals surface area contributed by atoms with E-state index in [-0.39, 0.29) is 11.7 Å². The number of aliphatic imine (C=N–C) groups is 2. The average Bonchev–Trinajstić information content (AvgIpc) is 2.57. The second-order valence-electron chi connectivity index (χ2n) is 2.60. The number of carboxylic acid groups (broad SMARTS) is 2. The van der Waals surface area contributed by atoms with E-state index in [0.717, 1.165) is 0 Å². The Kier molecular flexibility index (Phi) is 1.71. The van der Waals surface area contributed by atoms with Crippen LogP contribution in [0.15, 0.2) is 9.98 Å². The Morgan fingerprint density at radius 2 is 2.07 bits per heavy atom. The van der Waals surface area contributed by atoms with Crippen LogP contribution in [-0.4, -0.2) is 46.3 Å². The van der Waals surface area contributed by atoms with Crippen LogP contribution in [0, 0.1) is 0 Å². The van der Waals surface area contributed by atoms with Gasteiger partial charge in [0.2, 0.25) is 12.1 Å². The lowest BCUT2D eigenvalue weighted by Crippen LogP contribution is -2.31. The van der Waals surface area contributed by atoms with Gasteiger partial charge in [-0.1, -0.05) is 0 Å². The number of nitrogens with one attached hydrogen (secondary N) is 1. The Labute approximate surface area is 76.9 Å². The molecule has 0 amide bonds. The molecular formula is C6H5N3O5. The molecule has 74 valence electrons. The number of amidine groups is 2. The second-order valence-corrected chi connectivity index (χ2v) is 2.60. The van der Waals surface area contributed by atoms with Gasteiger partial charge in [-0.25, -0.2) is 19.6 Å². The molecule has 2 rings (SSSR count). The van der Waals surface area contributed by atoms with Crippen LogP contribution in [0.1, 0.15) is 0 Å². The van der Waals surface area contributed by atoms with Crippen LogP contribution in [0.5, 0.6) is 0 Å². The van der Waals surface area contributed by atoms with E-state index in [4.69, 9.17) is 14.9 Å². The third-order valence-corrected chi connectivity index (χ3v) is 1.65. The first kappa shape index (κ1) is 8.63. The van der Waals surface area contributed by atoms with Crippen LogP contribution >= 0.6 is 0 Å². The lowest BCUT2D eigenvalue weighted by Gasteiger charge is -2.01. The number of aliphatic carboxylic acids is 2. The summed E-state index contributed by atoms with van der Waals surface area (Å²) >= 11 is 0. The lowest BCUT2D eigenvalue weighted by atomic mass is 10.5. The smallest absolute Gasteiger partial charge is 0.371 e. The highest BCUT2D eigenvalue weighted by molar-refractivity contribution is 6.40. The van der Waals surface area contributed by atoms with E-state index in [1.165, 1.54) is 0 Å². The van der Waals surface area contributed by atoms with Crippen molar-refractivity contribution in [2.24, 2.45) is 9.98 Å². The molecule has 0 saturated heterocycles. The molecule has 2 aliphatic heterocycles. The van der Waals surface area contributed by atoms with Crippen LogP contribution in [0.4, 0.5) is 0 Å². The molecule has 0 saturated carbocycles. The normalized spacial score (nSPS) is 28.9. The Bertz CT molecular complexity index is 374. The van der Waals surface area contributed by atoms with Gasteiger partial charge in [0.1, 0.15) is 0 Å². The highest BCUT2D eigenvalue weighted by atomic mass is 16.6. The summed E-state index contributed by atoms with van der Waals surface area (Å²) in [4.78, 5) is 28.0. The van der Waals surface area contributed by atoms with E-state index in [1.807, 2.05) is 0 Å². The number of carboxylic acids is 2. The zero-order chi connectivity index (χ0) is 10.3. The van der Waals surface area contributed by atoms with Crippen molar-refractivity contribution in [3.63, 3.8) is 0 Å². The van der Waals surface area contributed by atoms with Crippen molar-refractivity contribution in [1.29, 1.82) is 0 Å². The van der Waals surface area contributed by atoms with Gasteiger partial charge < -0.3 is 20.3 Å². The number of rotatable bonds is 2. The molecule has 0 bridgehead atoms. The number of ether oxygens (including phenoxy) is 1. The maximum Gasteiger partial charge on any atom is 0.371 e. The van der Waals surface area contributed by atoms with E-state index < -0.39 is 24.4 Å². The minimum absolute atomic E-state index is 0.120. The molecule has 0 aromatic heterocycles. The molecule has 0 radical (unpaired) electrons. The highest BCUT2D eigenvalue weighted by Crippen LogP contribution is 2.16. The predicted molar refractivity (Wildman–Crippen MR) is 41.9 cm³/mol. The van der Waals surface area contributed by atoms with Crippen molar-refractivity contribution < 1.29 is 24.5 Å². The van der Waals surface area contributed by atoms with E-state index in [2.05, 4.69) is 15.3 Å². The Morgan fingerprint density at radius 1 is 1.36 bits per heavy atom. The van der Waals surface area contributed by atoms with Gasteiger partial charge in [0.15, 0.2) is 5.84 Å². The quantitative estimate of drug-likeness (QED) is 0.484. The molecule has 2 atom stereocenters. The molecule has 3 N–H and O–H groups in total. The molecule has 14 heavy (non-hydrogen) atoms. The highest BCUT2D eigenvalue weighted by Gasteiger charge is 2.38. The molecule has 0 spiro atoms. The standard InChI is InChI=1S/C6H5N3O5/c10-5(11)2-7-1-3(9-2)14-4(8-1)6(12)13/h3-4H,(H,10,11)(H,12,13)(H,7,8,9). The maximum absolute atomic E-state index is 10.4. The first-order valence-electron chi connectivity index (χ1n) is 3.62. The van der Waals surface area contributed by atoms with Gasteiger partial charge in [-0.3, -0.25) is 0 Å². The van der Waals surface area contributed by atoms with Crippen molar-refractivity contribution in [3.8, 4) is 0 Å². The summed E-state index contributed by atoms with van der Waals surface area (Å²) in [5.74, 6) is -2.65. The minimum Gasteiger partial charge on any atom is -0.478 e. The largest absolute Gasteiger partial charge is 0.478 e. The fourth-order valence-corrected chi connectivity index (χ4v) is 1.09. The Hall–Kier alpha value is -1.96. The molecule has 8 heteroatoms. The maximum atomic E-state index is 10.4. The summed E-state index contributed by atoms with van der Waals surface area (Å²) in [7, 11) is 0. The van der Waals surface area contributed by atoms with Crippen molar-refractivity contribution in [2.45, 2.75) is 12.5 Å². The van der Waals surface area contributed by atoms with E-state index in [9.17, 15) is 9.59 Å². The van der Waals surface area contributed by atoms with E-state index in [1.54, 1.807) is 0 Å². The molecule has 2 unspecified atom stereocenters. The van der Waals surface area contributed by atoms with Gasteiger partial charge in [-0.2, -0.15) is 0 Å². The zero-order valence-corrected chi connectivity index (χ0v) is 6.67. The van der Waals surface area contributed by atoms with Gasteiger partial charge in [0.25, 0.3) is 6.23 Å². The average molecular weight is 199 g/mol. The summed E-state index contributed by atoms with van der Waals surface area (Å²) in [6.45, 7) is 0. The summed E-state index contributed by atoms with van der Waals surface area (Å²) < 4.78 is 4.81. The summed E-state index contributed by atoms with van der Waals surface area (Å²) in [6.07, 6.45) is -2.23. The van der Waals surface area contributed by atoms with E-state index in [0.29, 0.717) is 0 Å². The minimum atomic E-state index is -1.30. The van der Waals surface area contributed by atoms with Gasteiger partial charge >= 0.3 is 11.9 Å². The van der Waals surface area contributed by atoms with E-state index >= 15 is 0 Å². The fraction of sp³-hybridized carbons (Fsp3) is 0.333. The molecule has 0 aromatic rings. The summed E-state index contributed by atoms with van der Waals surface area (Å²) in [5, 5.41) is 19.4. The van der Waals surface area contributed by atoms with Gasteiger partial charge in [-0.15, -0.1) is 0 Å². The lowest BCUT2D eigenvalue weighted by molar-refractivity contribution is -0.149. The number of hydrogen-bond donors (Lipinski definition) is 3. The predicted octanol–water partition coefficient (Wildman–Crippen LogP) is -1.76. The zero-order valence-electron chi connectivity index (χ0n) is 6.67. The van der Waals surface area contributed by atoms with Gasteiger partial charge in [0.05, 0.1) is 0 Å². The van der Waals surface area contributed by atoms with Crippen molar-refractivity contribution in [1.82, 2.24) is 5.32 Å². The topological polar surface area (TPSA) is 121 Å². The molecule has 0 aromatic carbocycles. The Balaban J connectivity index is 2.14. The van der Waals surface area contributed by atoms with Gasteiger partial charge in [0, 0.05) is 0 Å². The first-order chi connectivity index (χ1) is 6.58. The van der Waals surface area contributed by atoms with Crippen LogP contribution in [-0.2, 0) is 14.3 Å². The fourth-order valence-electron chi connectivity index (χ4n) is 1.09. The Morgan fingerprint density at radius 3 is 2.57 bits per heavy atom. The van der Waals surface area contributed by atoms with Crippen LogP contribution in [0.25, 0.3) is 0 Å². The summed E-state index contributed by atoms with van der Waals surface area (Å²) in [5.41, 5.74) is 0. The molecule has 2 aliphatic rings.